The molecule has 162 valence electrons. The summed E-state index contributed by atoms with van der Waals surface area (Å²) in [6.45, 7) is 3.38. The van der Waals surface area contributed by atoms with E-state index in [0.717, 1.165) is 6.07 Å². The van der Waals surface area contributed by atoms with E-state index < -0.39 is 11.7 Å². The van der Waals surface area contributed by atoms with Gasteiger partial charge >= 0.3 is 6.18 Å². The summed E-state index contributed by atoms with van der Waals surface area (Å²) in [5.74, 6) is 0.425. The van der Waals surface area contributed by atoms with Gasteiger partial charge in [-0.05, 0) is 55.8 Å². The van der Waals surface area contributed by atoms with Gasteiger partial charge in [0.15, 0.2) is 11.4 Å². The minimum absolute atomic E-state index is 0.0843. The van der Waals surface area contributed by atoms with Gasteiger partial charge in [0.25, 0.3) is 0 Å². The van der Waals surface area contributed by atoms with Gasteiger partial charge in [-0.2, -0.15) is 13.2 Å². The Morgan fingerprint density at radius 2 is 1.88 bits per heavy atom. The van der Waals surface area contributed by atoms with Crippen LogP contribution in [-0.2, 0) is 12.6 Å². The molecule has 0 unspecified atom stereocenters. The van der Waals surface area contributed by atoms with Gasteiger partial charge in [-0.15, -0.1) is 0 Å². The Morgan fingerprint density at radius 3 is 2.53 bits per heavy atom. The average Bonchev–Trinajstić information content (AvgIpc) is 2.78. The van der Waals surface area contributed by atoms with Gasteiger partial charge in [-0.25, -0.2) is 15.0 Å². The number of anilines is 2. The van der Waals surface area contributed by atoms with Gasteiger partial charge in [-0.1, -0.05) is 6.92 Å². The molecular formula is C23H18F3N5O. The summed E-state index contributed by atoms with van der Waals surface area (Å²) in [7, 11) is 0. The third kappa shape index (κ3) is 4.27. The summed E-state index contributed by atoms with van der Waals surface area (Å²) < 4.78 is 40.3. The van der Waals surface area contributed by atoms with Gasteiger partial charge in [-0.3, -0.25) is 9.78 Å². The first-order chi connectivity index (χ1) is 15.3. The van der Waals surface area contributed by atoms with Crippen molar-refractivity contribution in [1.82, 2.24) is 19.9 Å². The van der Waals surface area contributed by atoms with E-state index in [1.165, 1.54) is 31.5 Å². The summed E-state index contributed by atoms with van der Waals surface area (Å²) in [6, 6.07) is 10.6. The zero-order valence-electron chi connectivity index (χ0n) is 17.2. The van der Waals surface area contributed by atoms with E-state index in [1.807, 2.05) is 13.0 Å². The van der Waals surface area contributed by atoms with E-state index in [-0.39, 0.29) is 17.2 Å². The standard InChI is InChI=1S/C23H18F3N5O/c1-3-15-11-19(30-20-9-6-14(12-28-20)13(2)32)16-7-8-18(31-22(16)29-15)21-17(23(24,25)26)5-4-10-27-21/h4-12H,3H2,1-2H3,(H,28,29,30,31). The fraction of sp³-hybridized carbons (Fsp3) is 0.174. The number of fused-ring (bicyclic) bond motifs is 1. The maximum atomic E-state index is 13.4. The number of nitrogens with zero attached hydrogens (tertiary/aromatic N) is 4. The van der Waals surface area contributed by atoms with E-state index in [9.17, 15) is 18.0 Å². The predicted molar refractivity (Wildman–Crippen MR) is 115 cm³/mol. The lowest BCUT2D eigenvalue weighted by Crippen LogP contribution is -2.09. The van der Waals surface area contributed by atoms with E-state index in [0.29, 0.717) is 40.2 Å². The molecule has 0 saturated heterocycles. The number of nitrogens with one attached hydrogen (secondary N) is 1. The molecule has 1 N–H and O–H groups in total. The van der Waals surface area contributed by atoms with E-state index in [1.54, 1.807) is 18.2 Å². The van der Waals surface area contributed by atoms with Crippen LogP contribution in [-0.4, -0.2) is 25.7 Å². The molecule has 32 heavy (non-hydrogen) atoms. The second-order valence-corrected chi connectivity index (χ2v) is 7.09. The SMILES string of the molecule is CCc1cc(Nc2ccc(C(C)=O)cn2)c2ccc(-c3ncccc3C(F)(F)F)nc2n1. The Hall–Kier alpha value is -3.88. The largest absolute Gasteiger partial charge is 0.418 e. The predicted octanol–water partition coefficient (Wildman–Crippen LogP) is 5.61. The van der Waals surface area contributed by atoms with E-state index >= 15 is 0 Å². The van der Waals surface area contributed by atoms with Crippen molar-refractivity contribution in [3.05, 3.63) is 71.7 Å². The van der Waals surface area contributed by atoms with Crippen molar-refractivity contribution in [1.29, 1.82) is 0 Å². The second kappa shape index (κ2) is 8.33. The smallest absolute Gasteiger partial charge is 0.340 e. The third-order valence-electron chi connectivity index (χ3n) is 4.88. The Bertz CT molecular complexity index is 1300. The Morgan fingerprint density at radius 1 is 1.06 bits per heavy atom. The molecule has 0 amide bonds. The number of ketones is 1. The third-order valence-corrected chi connectivity index (χ3v) is 4.88. The molecule has 4 rings (SSSR count). The minimum atomic E-state index is -4.55. The summed E-state index contributed by atoms with van der Waals surface area (Å²) in [4.78, 5) is 28.5. The summed E-state index contributed by atoms with van der Waals surface area (Å²) in [5, 5.41) is 3.80. The number of halogens is 3. The summed E-state index contributed by atoms with van der Waals surface area (Å²) >= 11 is 0. The first-order valence-corrected chi connectivity index (χ1v) is 9.83. The van der Waals surface area contributed by atoms with Crippen LogP contribution in [0.1, 0.15) is 35.5 Å². The molecule has 4 aromatic heterocycles. The first kappa shape index (κ1) is 21.4. The number of carbonyl (C=O) groups excluding carboxylic acids is 1. The highest BCUT2D eigenvalue weighted by Gasteiger charge is 2.34. The number of Topliss-reactive ketones (excluding diaryl/α,β-unsaturated/α-hetero) is 1. The highest BCUT2D eigenvalue weighted by Crippen LogP contribution is 2.36. The van der Waals surface area contributed by atoms with Gasteiger partial charge in [0, 0.05) is 29.0 Å². The number of rotatable bonds is 5. The lowest BCUT2D eigenvalue weighted by Gasteiger charge is -2.13. The number of aryl methyl sites for hydroxylation is 1. The number of carbonyl (C=O) groups is 1. The molecule has 4 heterocycles. The maximum absolute atomic E-state index is 13.4. The lowest BCUT2D eigenvalue weighted by atomic mass is 10.1. The number of aromatic nitrogens is 4. The Balaban J connectivity index is 1.79. The van der Waals surface area contributed by atoms with Crippen molar-refractivity contribution >= 4 is 28.3 Å². The summed E-state index contributed by atoms with van der Waals surface area (Å²) in [5.41, 5.74) is 1.14. The van der Waals surface area contributed by atoms with Crippen molar-refractivity contribution in [2.24, 2.45) is 0 Å². The van der Waals surface area contributed by atoms with Crippen molar-refractivity contribution in [3.63, 3.8) is 0 Å². The molecule has 0 aliphatic carbocycles. The number of pyridine rings is 4. The zero-order chi connectivity index (χ0) is 22.9. The highest BCUT2D eigenvalue weighted by atomic mass is 19.4. The number of hydrogen-bond donors (Lipinski definition) is 1. The molecule has 4 aromatic rings. The van der Waals surface area contributed by atoms with Gasteiger partial charge in [0.05, 0.1) is 16.9 Å². The molecule has 0 fully saturated rings. The molecular weight excluding hydrogens is 419 g/mol. The molecule has 0 aromatic carbocycles. The molecule has 0 spiro atoms. The van der Waals surface area contributed by atoms with E-state index in [4.69, 9.17) is 0 Å². The van der Waals surface area contributed by atoms with Crippen LogP contribution in [0.2, 0.25) is 0 Å². The van der Waals surface area contributed by atoms with Gasteiger partial charge in [0.2, 0.25) is 0 Å². The van der Waals surface area contributed by atoms with E-state index in [2.05, 4.69) is 25.3 Å². The fourth-order valence-electron chi connectivity index (χ4n) is 3.23. The van der Waals surface area contributed by atoms with Gasteiger partial charge in [0.1, 0.15) is 11.5 Å². The second-order valence-electron chi connectivity index (χ2n) is 7.09. The van der Waals surface area contributed by atoms with Crippen LogP contribution in [0, 0.1) is 0 Å². The van der Waals surface area contributed by atoms with Crippen molar-refractivity contribution in [3.8, 4) is 11.4 Å². The van der Waals surface area contributed by atoms with Crippen LogP contribution in [0.15, 0.2) is 54.9 Å². The molecule has 0 saturated carbocycles. The monoisotopic (exact) mass is 437 g/mol. The first-order valence-electron chi connectivity index (χ1n) is 9.83. The van der Waals surface area contributed by atoms with Crippen LogP contribution >= 0.6 is 0 Å². The quantitative estimate of drug-likeness (QED) is 0.409. The Kier molecular flexibility index (Phi) is 5.56. The number of alkyl halides is 3. The topological polar surface area (TPSA) is 80.7 Å². The average molecular weight is 437 g/mol. The minimum Gasteiger partial charge on any atom is -0.340 e. The van der Waals surface area contributed by atoms with Gasteiger partial charge < -0.3 is 5.32 Å². The molecule has 0 bridgehead atoms. The van der Waals surface area contributed by atoms with Crippen LogP contribution in [0.25, 0.3) is 22.4 Å². The molecule has 6 nitrogen and oxygen atoms in total. The zero-order valence-corrected chi connectivity index (χ0v) is 17.2. The van der Waals surface area contributed by atoms with Crippen molar-refractivity contribution < 1.29 is 18.0 Å². The van der Waals surface area contributed by atoms with Crippen LogP contribution in [0.4, 0.5) is 24.7 Å². The summed E-state index contributed by atoms with van der Waals surface area (Å²) in [6.07, 6.45) is -1.17. The fourth-order valence-corrected chi connectivity index (χ4v) is 3.23. The molecule has 0 aliphatic rings. The highest BCUT2D eigenvalue weighted by molar-refractivity contribution is 5.94. The maximum Gasteiger partial charge on any atom is 0.418 e. The Labute approximate surface area is 181 Å². The molecule has 9 heteroatoms. The normalized spacial score (nSPS) is 11.5. The molecule has 0 atom stereocenters. The molecule has 0 aliphatic heterocycles. The van der Waals surface area contributed by atoms with Crippen LogP contribution < -0.4 is 5.32 Å². The van der Waals surface area contributed by atoms with Crippen molar-refractivity contribution in [2.75, 3.05) is 5.32 Å². The van der Waals surface area contributed by atoms with Crippen molar-refractivity contribution in [2.45, 2.75) is 26.4 Å². The molecule has 0 radical (unpaired) electrons. The lowest BCUT2D eigenvalue weighted by molar-refractivity contribution is -0.137. The van der Waals surface area contributed by atoms with Crippen LogP contribution in [0.3, 0.4) is 0 Å². The number of hydrogen-bond acceptors (Lipinski definition) is 6. The van der Waals surface area contributed by atoms with Crippen LogP contribution in [0.5, 0.6) is 0 Å².